The molecule has 3 heteroatoms. The van der Waals surface area contributed by atoms with Gasteiger partial charge in [0.2, 0.25) is 0 Å². The van der Waals surface area contributed by atoms with Crippen molar-refractivity contribution in [2.45, 2.75) is 6.04 Å². The lowest BCUT2D eigenvalue weighted by molar-refractivity contribution is -0.143. The summed E-state index contributed by atoms with van der Waals surface area (Å²) in [5, 5.41) is 9.94. The number of nitrogens with zero attached hydrogens (tertiary/aromatic N) is 1. The number of rotatable bonds is 9. The fourth-order valence-corrected chi connectivity index (χ4v) is 3.21. The van der Waals surface area contributed by atoms with Gasteiger partial charge >= 0.3 is 5.97 Å². The van der Waals surface area contributed by atoms with E-state index in [1.165, 1.54) is 0 Å². The first-order valence-electron chi connectivity index (χ1n) is 9.69. The van der Waals surface area contributed by atoms with E-state index in [1.807, 2.05) is 120 Å². The van der Waals surface area contributed by atoms with Gasteiger partial charge in [-0.05, 0) is 16.7 Å². The zero-order chi connectivity index (χ0) is 20.3. The molecule has 0 saturated carbocycles. The molecule has 0 radical (unpaired) electrons. The van der Waals surface area contributed by atoms with Crippen molar-refractivity contribution in [1.29, 1.82) is 0 Å². The second-order valence-electron chi connectivity index (χ2n) is 6.73. The molecule has 3 nitrogen and oxygen atoms in total. The Hall–Kier alpha value is -3.43. The minimum Gasteiger partial charge on any atom is -0.480 e. The van der Waals surface area contributed by atoms with Gasteiger partial charge in [0.15, 0.2) is 0 Å². The number of carboxylic acids is 1. The maximum absolute atomic E-state index is 12.1. The fourth-order valence-electron chi connectivity index (χ4n) is 3.21. The average Bonchev–Trinajstić information content (AvgIpc) is 2.76. The van der Waals surface area contributed by atoms with Crippen LogP contribution in [0, 0.1) is 0 Å². The standard InChI is InChI=1S/C26H25NO2/c28-26(29)25(24-18-8-3-9-19-24)27(20-10-16-22-12-4-1-5-13-22)21-11-17-23-14-6-2-7-15-23/h1-19,25H,20-21H2,(H,28,29)/b16-10+,17-11+/t25-/m0/s1. The molecule has 0 unspecified atom stereocenters. The maximum atomic E-state index is 12.1. The molecule has 1 atom stereocenters. The lowest BCUT2D eigenvalue weighted by Gasteiger charge is -2.27. The van der Waals surface area contributed by atoms with E-state index in [9.17, 15) is 9.90 Å². The van der Waals surface area contributed by atoms with E-state index in [0.717, 1.165) is 16.7 Å². The predicted octanol–water partition coefficient (Wildman–Crippen LogP) is 5.54. The van der Waals surface area contributed by atoms with Gasteiger partial charge in [0.25, 0.3) is 0 Å². The van der Waals surface area contributed by atoms with Gasteiger partial charge in [-0.1, -0.05) is 115 Å². The van der Waals surface area contributed by atoms with Gasteiger partial charge in [0.05, 0.1) is 0 Å². The molecule has 0 fully saturated rings. The monoisotopic (exact) mass is 383 g/mol. The largest absolute Gasteiger partial charge is 0.480 e. The van der Waals surface area contributed by atoms with Crippen molar-refractivity contribution >= 4 is 18.1 Å². The first kappa shape index (κ1) is 20.3. The molecule has 3 rings (SSSR count). The Kier molecular flexibility index (Phi) is 7.55. The summed E-state index contributed by atoms with van der Waals surface area (Å²) in [6, 6.07) is 28.7. The topological polar surface area (TPSA) is 40.5 Å². The van der Waals surface area contributed by atoms with Gasteiger partial charge in [0.1, 0.15) is 6.04 Å². The summed E-state index contributed by atoms with van der Waals surface area (Å²) in [5.41, 5.74) is 2.97. The SMILES string of the molecule is O=C(O)[C@H](c1ccccc1)N(C/C=C/c1ccccc1)C/C=C/c1ccccc1. The number of aliphatic carboxylic acids is 1. The van der Waals surface area contributed by atoms with Crippen LogP contribution < -0.4 is 0 Å². The van der Waals surface area contributed by atoms with E-state index in [2.05, 4.69) is 0 Å². The molecule has 0 aliphatic rings. The van der Waals surface area contributed by atoms with Gasteiger partial charge in [-0.25, -0.2) is 0 Å². The van der Waals surface area contributed by atoms with E-state index in [4.69, 9.17) is 0 Å². The van der Waals surface area contributed by atoms with Gasteiger partial charge in [-0.3, -0.25) is 9.69 Å². The number of carboxylic acid groups (broad SMARTS) is 1. The summed E-state index contributed by atoms with van der Waals surface area (Å²) in [7, 11) is 0. The van der Waals surface area contributed by atoms with Gasteiger partial charge in [-0.2, -0.15) is 0 Å². The van der Waals surface area contributed by atoms with Crippen LogP contribution in [0.1, 0.15) is 22.7 Å². The molecule has 0 saturated heterocycles. The Morgan fingerprint density at radius 3 is 1.55 bits per heavy atom. The molecule has 3 aromatic carbocycles. The highest BCUT2D eigenvalue weighted by Crippen LogP contribution is 2.21. The normalized spacial score (nSPS) is 12.6. The molecule has 0 aliphatic carbocycles. The summed E-state index contributed by atoms with van der Waals surface area (Å²) in [6.45, 7) is 1.06. The second kappa shape index (κ2) is 10.8. The number of hydrogen-bond acceptors (Lipinski definition) is 2. The Morgan fingerprint density at radius 1 is 0.724 bits per heavy atom. The van der Waals surface area contributed by atoms with Crippen molar-refractivity contribution in [2.75, 3.05) is 13.1 Å². The minimum absolute atomic E-state index is 0.528. The maximum Gasteiger partial charge on any atom is 0.325 e. The average molecular weight is 383 g/mol. The zero-order valence-electron chi connectivity index (χ0n) is 16.3. The van der Waals surface area contributed by atoms with Crippen LogP contribution in [0.4, 0.5) is 0 Å². The lowest BCUT2D eigenvalue weighted by Crippen LogP contribution is -2.34. The second-order valence-corrected chi connectivity index (χ2v) is 6.73. The Morgan fingerprint density at radius 2 is 1.14 bits per heavy atom. The van der Waals surface area contributed by atoms with Crippen LogP contribution in [0.15, 0.2) is 103 Å². The summed E-state index contributed by atoms with van der Waals surface area (Å²) in [4.78, 5) is 14.1. The molecule has 0 spiro atoms. The molecule has 0 aromatic heterocycles. The van der Waals surface area contributed by atoms with Crippen LogP contribution in [0.3, 0.4) is 0 Å². The van der Waals surface area contributed by atoms with Crippen molar-refractivity contribution in [1.82, 2.24) is 4.90 Å². The van der Waals surface area contributed by atoms with Crippen LogP contribution >= 0.6 is 0 Å². The molecule has 0 aliphatic heterocycles. The van der Waals surface area contributed by atoms with Crippen molar-refractivity contribution in [2.24, 2.45) is 0 Å². The van der Waals surface area contributed by atoms with Crippen molar-refractivity contribution in [3.63, 3.8) is 0 Å². The molecule has 146 valence electrons. The molecular formula is C26H25NO2. The first-order valence-corrected chi connectivity index (χ1v) is 9.69. The van der Waals surface area contributed by atoms with Crippen molar-refractivity contribution < 1.29 is 9.90 Å². The third-order valence-electron chi connectivity index (χ3n) is 4.61. The van der Waals surface area contributed by atoms with Crippen molar-refractivity contribution in [3.05, 3.63) is 120 Å². The lowest BCUT2D eigenvalue weighted by atomic mass is 10.0. The molecule has 0 heterocycles. The summed E-state index contributed by atoms with van der Waals surface area (Å²) >= 11 is 0. The Labute approximate surface area is 172 Å². The third kappa shape index (κ3) is 6.30. The molecule has 29 heavy (non-hydrogen) atoms. The molecule has 1 N–H and O–H groups in total. The highest BCUT2D eigenvalue weighted by atomic mass is 16.4. The predicted molar refractivity (Wildman–Crippen MR) is 119 cm³/mol. The number of hydrogen-bond donors (Lipinski definition) is 1. The number of benzene rings is 3. The molecule has 0 amide bonds. The Bertz CT molecular complexity index is 883. The zero-order valence-corrected chi connectivity index (χ0v) is 16.3. The summed E-state index contributed by atoms with van der Waals surface area (Å²) < 4.78 is 0. The molecular weight excluding hydrogens is 358 g/mol. The fraction of sp³-hybridized carbons (Fsp3) is 0.115. The van der Waals surface area contributed by atoms with Gasteiger partial charge in [-0.15, -0.1) is 0 Å². The third-order valence-corrected chi connectivity index (χ3v) is 4.61. The van der Waals surface area contributed by atoms with Gasteiger partial charge in [0, 0.05) is 13.1 Å². The number of carbonyl (C=O) groups is 1. The van der Waals surface area contributed by atoms with E-state index in [1.54, 1.807) is 0 Å². The first-order chi connectivity index (χ1) is 14.2. The minimum atomic E-state index is -0.850. The van der Waals surface area contributed by atoms with Crippen LogP contribution in [0.2, 0.25) is 0 Å². The Balaban J connectivity index is 1.80. The smallest absolute Gasteiger partial charge is 0.325 e. The van der Waals surface area contributed by atoms with E-state index in [0.29, 0.717) is 13.1 Å². The summed E-state index contributed by atoms with van der Waals surface area (Å²) in [5.74, 6) is -0.850. The van der Waals surface area contributed by atoms with Gasteiger partial charge < -0.3 is 5.11 Å². The highest BCUT2D eigenvalue weighted by Gasteiger charge is 2.25. The van der Waals surface area contributed by atoms with E-state index in [-0.39, 0.29) is 0 Å². The quantitative estimate of drug-likeness (QED) is 0.527. The van der Waals surface area contributed by atoms with Crippen LogP contribution in [-0.2, 0) is 4.79 Å². The van der Waals surface area contributed by atoms with Crippen LogP contribution in [-0.4, -0.2) is 29.1 Å². The van der Waals surface area contributed by atoms with Crippen LogP contribution in [0.5, 0.6) is 0 Å². The van der Waals surface area contributed by atoms with Crippen LogP contribution in [0.25, 0.3) is 12.2 Å². The summed E-state index contributed by atoms with van der Waals surface area (Å²) in [6.07, 6.45) is 8.09. The van der Waals surface area contributed by atoms with E-state index >= 15 is 0 Å². The highest BCUT2D eigenvalue weighted by molar-refractivity contribution is 5.75. The molecule has 0 bridgehead atoms. The molecule has 3 aromatic rings. The van der Waals surface area contributed by atoms with E-state index < -0.39 is 12.0 Å². The van der Waals surface area contributed by atoms with Crippen molar-refractivity contribution in [3.8, 4) is 0 Å².